The van der Waals surface area contributed by atoms with Crippen molar-refractivity contribution in [1.82, 2.24) is 9.80 Å². The van der Waals surface area contributed by atoms with Gasteiger partial charge in [0.1, 0.15) is 13.2 Å². The SMILES string of the molecule is CN(C)CCOC(=O)CC12CC3CC(C1)CC(CC(=O)OCCN(C)C)(C3)C2.Cl. The molecular weight excluding hydrogens is 392 g/mol. The zero-order valence-corrected chi connectivity index (χ0v) is 19.4. The van der Waals surface area contributed by atoms with Gasteiger partial charge in [0.2, 0.25) is 0 Å². The number of nitrogens with zero attached hydrogens (tertiary/aromatic N) is 2. The standard InChI is InChI=1S/C22H38N2O4.ClH/c1-23(2)5-7-27-19(25)14-21-10-17-9-18(11-21)13-22(12-17,16-21)15-20(26)28-8-6-24(3)4;/h17-18H,5-16H2,1-4H3;1H. The molecule has 4 aliphatic carbocycles. The van der Waals surface area contributed by atoms with Gasteiger partial charge in [-0.25, -0.2) is 0 Å². The molecule has 4 aliphatic rings. The van der Waals surface area contributed by atoms with Gasteiger partial charge in [0.05, 0.1) is 12.8 Å². The lowest BCUT2D eigenvalue weighted by Gasteiger charge is -2.62. The molecule has 4 saturated carbocycles. The number of rotatable bonds is 10. The summed E-state index contributed by atoms with van der Waals surface area (Å²) in [4.78, 5) is 29.1. The van der Waals surface area contributed by atoms with Crippen molar-refractivity contribution in [3.63, 3.8) is 0 Å². The van der Waals surface area contributed by atoms with E-state index in [9.17, 15) is 9.59 Å². The smallest absolute Gasteiger partial charge is 0.306 e. The van der Waals surface area contributed by atoms with Gasteiger partial charge < -0.3 is 19.3 Å². The van der Waals surface area contributed by atoms with E-state index in [1.807, 2.05) is 38.0 Å². The van der Waals surface area contributed by atoms with Crippen LogP contribution in [0.25, 0.3) is 0 Å². The van der Waals surface area contributed by atoms with Crippen molar-refractivity contribution in [2.24, 2.45) is 22.7 Å². The summed E-state index contributed by atoms with van der Waals surface area (Å²) in [5, 5.41) is 0. The van der Waals surface area contributed by atoms with Crippen molar-refractivity contribution in [1.29, 1.82) is 0 Å². The van der Waals surface area contributed by atoms with Crippen molar-refractivity contribution >= 4 is 24.3 Å². The summed E-state index contributed by atoms with van der Waals surface area (Å²) in [5.41, 5.74) is 0.0897. The first-order valence-corrected chi connectivity index (χ1v) is 10.8. The van der Waals surface area contributed by atoms with E-state index < -0.39 is 0 Å². The zero-order chi connectivity index (χ0) is 20.4. The molecule has 4 bridgehead atoms. The van der Waals surface area contributed by atoms with Gasteiger partial charge in [0.15, 0.2) is 0 Å². The Kier molecular flexibility index (Phi) is 8.40. The first-order valence-electron chi connectivity index (χ1n) is 10.8. The first kappa shape index (κ1) is 24.4. The molecule has 0 amide bonds. The molecule has 6 nitrogen and oxygen atoms in total. The summed E-state index contributed by atoms with van der Waals surface area (Å²) >= 11 is 0. The molecule has 0 unspecified atom stereocenters. The van der Waals surface area contributed by atoms with Gasteiger partial charge in [-0.2, -0.15) is 0 Å². The minimum absolute atomic E-state index is 0. The molecule has 7 heteroatoms. The number of hydrogen-bond acceptors (Lipinski definition) is 6. The number of esters is 2. The molecule has 168 valence electrons. The van der Waals surface area contributed by atoms with Crippen molar-refractivity contribution in [2.45, 2.75) is 51.4 Å². The second kappa shape index (κ2) is 9.97. The highest BCUT2D eigenvalue weighted by Gasteiger charge is 2.58. The zero-order valence-electron chi connectivity index (χ0n) is 18.6. The van der Waals surface area contributed by atoms with Gasteiger partial charge >= 0.3 is 11.9 Å². The van der Waals surface area contributed by atoms with Crippen LogP contribution in [0.1, 0.15) is 51.4 Å². The monoisotopic (exact) mass is 430 g/mol. The van der Waals surface area contributed by atoms with E-state index in [2.05, 4.69) is 0 Å². The fraction of sp³-hybridized carbons (Fsp3) is 0.909. The largest absolute Gasteiger partial charge is 0.464 e. The minimum Gasteiger partial charge on any atom is -0.464 e. The molecule has 0 radical (unpaired) electrons. The van der Waals surface area contributed by atoms with Crippen LogP contribution in [0.4, 0.5) is 0 Å². The van der Waals surface area contributed by atoms with Gasteiger partial charge in [-0.3, -0.25) is 9.59 Å². The molecule has 0 atom stereocenters. The van der Waals surface area contributed by atoms with E-state index in [0.29, 0.717) is 37.9 Å². The Labute approximate surface area is 182 Å². The van der Waals surface area contributed by atoms with Crippen molar-refractivity contribution in [2.75, 3.05) is 54.5 Å². The summed E-state index contributed by atoms with van der Waals surface area (Å²) in [6.45, 7) is 2.43. The Morgan fingerprint density at radius 1 is 0.793 bits per heavy atom. The average molecular weight is 431 g/mol. The molecule has 0 aromatic carbocycles. The van der Waals surface area contributed by atoms with E-state index in [-0.39, 0.29) is 35.2 Å². The fourth-order valence-electron chi connectivity index (χ4n) is 6.46. The highest BCUT2D eigenvalue weighted by Crippen LogP contribution is 2.67. The minimum atomic E-state index is -0.0625. The van der Waals surface area contributed by atoms with Gasteiger partial charge in [-0.1, -0.05) is 0 Å². The summed E-state index contributed by atoms with van der Waals surface area (Å²) < 4.78 is 11.0. The third-order valence-electron chi connectivity index (χ3n) is 6.95. The quantitative estimate of drug-likeness (QED) is 0.496. The van der Waals surface area contributed by atoms with Crippen LogP contribution in [-0.2, 0) is 19.1 Å². The summed E-state index contributed by atoms with van der Waals surface area (Å²) in [7, 11) is 7.92. The number of halogens is 1. The molecule has 0 aromatic rings. The highest BCUT2D eigenvalue weighted by molar-refractivity contribution is 5.85. The number of hydrogen-bond donors (Lipinski definition) is 0. The number of likely N-dealkylation sites (N-methyl/N-ethyl adjacent to an activating group) is 2. The number of carbonyl (C=O) groups excluding carboxylic acids is 2. The Morgan fingerprint density at radius 2 is 1.17 bits per heavy atom. The lowest BCUT2D eigenvalue weighted by molar-refractivity contribution is -0.165. The average Bonchev–Trinajstić information content (AvgIpc) is 2.51. The van der Waals surface area contributed by atoms with Crippen molar-refractivity contribution in [3.8, 4) is 0 Å². The van der Waals surface area contributed by atoms with E-state index in [1.54, 1.807) is 0 Å². The summed E-state index contributed by atoms with van der Waals surface area (Å²) in [5.74, 6) is 1.19. The Hall–Kier alpha value is -0.850. The van der Waals surface area contributed by atoms with Gasteiger partial charge in [-0.15, -0.1) is 12.4 Å². The molecule has 0 heterocycles. The molecule has 0 aliphatic heterocycles. The normalized spacial score (nSPS) is 32.3. The van der Waals surface area contributed by atoms with Gasteiger partial charge in [0, 0.05) is 13.1 Å². The molecular formula is C22H39ClN2O4. The van der Waals surface area contributed by atoms with E-state index in [4.69, 9.17) is 9.47 Å². The molecule has 4 rings (SSSR count). The van der Waals surface area contributed by atoms with Crippen molar-refractivity contribution in [3.05, 3.63) is 0 Å². The second-order valence-corrected chi connectivity index (χ2v) is 10.4. The Balaban J connectivity index is 0.00000300. The third kappa shape index (κ3) is 6.56. The first-order chi connectivity index (χ1) is 13.2. The lowest BCUT2D eigenvalue weighted by atomic mass is 9.43. The fourth-order valence-corrected chi connectivity index (χ4v) is 6.46. The molecule has 0 N–H and O–H groups in total. The number of ether oxygens (including phenoxy) is 2. The Morgan fingerprint density at radius 3 is 1.52 bits per heavy atom. The van der Waals surface area contributed by atoms with Crippen molar-refractivity contribution < 1.29 is 19.1 Å². The summed E-state index contributed by atoms with van der Waals surface area (Å²) in [6, 6.07) is 0. The van der Waals surface area contributed by atoms with E-state index in [1.165, 1.54) is 6.42 Å². The van der Waals surface area contributed by atoms with E-state index in [0.717, 1.165) is 45.2 Å². The highest BCUT2D eigenvalue weighted by atomic mass is 35.5. The van der Waals surface area contributed by atoms with Crippen LogP contribution in [0, 0.1) is 22.7 Å². The van der Waals surface area contributed by atoms with Gasteiger partial charge in [-0.05, 0) is 89.4 Å². The number of carbonyl (C=O) groups is 2. The summed E-state index contributed by atoms with van der Waals surface area (Å²) in [6.07, 6.45) is 7.81. The predicted octanol–water partition coefficient (Wildman–Crippen LogP) is 2.98. The molecule has 0 spiro atoms. The van der Waals surface area contributed by atoms with Crippen LogP contribution < -0.4 is 0 Å². The van der Waals surface area contributed by atoms with Crippen LogP contribution in [0.5, 0.6) is 0 Å². The molecule has 4 fully saturated rings. The topological polar surface area (TPSA) is 59.1 Å². The maximum absolute atomic E-state index is 12.5. The molecule has 29 heavy (non-hydrogen) atoms. The molecule has 0 aromatic heterocycles. The van der Waals surface area contributed by atoms with Crippen LogP contribution in [0.2, 0.25) is 0 Å². The van der Waals surface area contributed by atoms with E-state index >= 15 is 0 Å². The molecule has 0 saturated heterocycles. The maximum atomic E-state index is 12.5. The van der Waals surface area contributed by atoms with Gasteiger partial charge in [0.25, 0.3) is 0 Å². The van der Waals surface area contributed by atoms with Crippen LogP contribution in [0.15, 0.2) is 0 Å². The third-order valence-corrected chi connectivity index (χ3v) is 6.95. The second-order valence-electron chi connectivity index (χ2n) is 10.4. The van der Waals surface area contributed by atoms with Crippen LogP contribution in [0.3, 0.4) is 0 Å². The van der Waals surface area contributed by atoms with Crippen LogP contribution >= 0.6 is 12.4 Å². The lowest BCUT2D eigenvalue weighted by Crippen LogP contribution is -2.53. The Bertz CT molecular complexity index is 521. The van der Waals surface area contributed by atoms with Crippen LogP contribution in [-0.4, -0.2) is 76.2 Å². The predicted molar refractivity (Wildman–Crippen MR) is 115 cm³/mol. The maximum Gasteiger partial charge on any atom is 0.306 e.